The number of rotatable bonds is 3. The molecule has 26 heavy (non-hydrogen) atoms. The Hall–Kier alpha value is -2.19. The van der Waals surface area contributed by atoms with E-state index in [1.54, 1.807) is 0 Å². The molecule has 0 unspecified atom stereocenters. The van der Waals surface area contributed by atoms with Crippen molar-refractivity contribution in [3.05, 3.63) is 58.6 Å². The predicted octanol–water partition coefficient (Wildman–Crippen LogP) is 3.80. The highest BCUT2D eigenvalue weighted by molar-refractivity contribution is 7.92. The van der Waals surface area contributed by atoms with Crippen molar-refractivity contribution in [3.8, 4) is 0 Å². The Labute approximate surface area is 154 Å². The molecule has 0 bridgehead atoms. The van der Waals surface area contributed by atoms with Gasteiger partial charge < -0.3 is 5.32 Å². The number of benzene rings is 2. The minimum atomic E-state index is -3.47. The predicted molar refractivity (Wildman–Crippen MR) is 96.1 cm³/mol. The molecule has 0 radical (unpaired) electrons. The molecule has 9 heteroatoms. The van der Waals surface area contributed by atoms with Crippen LogP contribution in [-0.4, -0.2) is 26.6 Å². The average Bonchev–Trinajstić information content (AvgIpc) is 2.58. The molecule has 5 nitrogen and oxygen atoms in total. The lowest BCUT2D eigenvalue weighted by molar-refractivity contribution is 0.102. The Morgan fingerprint density at radius 3 is 2.46 bits per heavy atom. The van der Waals surface area contributed by atoms with Crippen molar-refractivity contribution in [2.75, 3.05) is 21.9 Å². The second kappa shape index (κ2) is 7.20. The highest BCUT2D eigenvalue weighted by atomic mass is 35.5. The van der Waals surface area contributed by atoms with Crippen molar-refractivity contribution in [2.24, 2.45) is 0 Å². The van der Waals surface area contributed by atoms with Crippen LogP contribution in [0.2, 0.25) is 5.02 Å². The number of carbonyl (C=O) groups excluding carboxylic acids is 1. The fourth-order valence-corrected chi connectivity index (χ4v) is 4.55. The van der Waals surface area contributed by atoms with Crippen molar-refractivity contribution >= 4 is 38.9 Å². The van der Waals surface area contributed by atoms with Crippen LogP contribution in [-0.2, 0) is 10.0 Å². The van der Waals surface area contributed by atoms with Crippen molar-refractivity contribution in [1.82, 2.24) is 0 Å². The third kappa shape index (κ3) is 3.66. The SMILES string of the molecule is O=C(Nc1c(F)cccc1F)c1cc(N2CCCCS2(=O)=O)ccc1Cl. The lowest BCUT2D eigenvalue weighted by Gasteiger charge is -2.28. The molecule has 2 aromatic rings. The largest absolute Gasteiger partial charge is 0.317 e. The van der Waals surface area contributed by atoms with E-state index >= 15 is 0 Å². The number of anilines is 2. The van der Waals surface area contributed by atoms with Gasteiger partial charge in [-0.3, -0.25) is 9.10 Å². The maximum Gasteiger partial charge on any atom is 0.257 e. The zero-order valence-electron chi connectivity index (χ0n) is 13.5. The number of hydrogen-bond acceptors (Lipinski definition) is 3. The topological polar surface area (TPSA) is 66.5 Å². The minimum Gasteiger partial charge on any atom is -0.317 e. The monoisotopic (exact) mass is 400 g/mol. The van der Waals surface area contributed by atoms with Gasteiger partial charge in [0, 0.05) is 6.54 Å². The molecule has 0 spiro atoms. The zero-order valence-corrected chi connectivity index (χ0v) is 15.1. The summed E-state index contributed by atoms with van der Waals surface area (Å²) >= 11 is 6.03. The van der Waals surface area contributed by atoms with Gasteiger partial charge in [0.15, 0.2) is 0 Å². The van der Waals surface area contributed by atoms with Crippen LogP contribution in [0.3, 0.4) is 0 Å². The van der Waals surface area contributed by atoms with Crippen LogP contribution in [0.15, 0.2) is 36.4 Å². The smallest absolute Gasteiger partial charge is 0.257 e. The van der Waals surface area contributed by atoms with Gasteiger partial charge in [0.2, 0.25) is 10.0 Å². The van der Waals surface area contributed by atoms with Gasteiger partial charge >= 0.3 is 0 Å². The van der Waals surface area contributed by atoms with Gasteiger partial charge in [-0.1, -0.05) is 17.7 Å². The van der Waals surface area contributed by atoms with Crippen molar-refractivity contribution in [1.29, 1.82) is 0 Å². The van der Waals surface area contributed by atoms with E-state index in [4.69, 9.17) is 11.6 Å². The first kappa shape index (κ1) is 18.6. The molecule has 1 aliphatic rings. The molecule has 1 aliphatic heterocycles. The van der Waals surface area contributed by atoms with Crippen LogP contribution >= 0.6 is 11.6 Å². The van der Waals surface area contributed by atoms with Crippen LogP contribution < -0.4 is 9.62 Å². The minimum absolute atomic E-state index is 0.0254. The van der Waals surface area contributed by atoms with E-state index in [-0.39, 0.29) is 22.0 Å². The summed E-state index contributed by atoms with van der Waals surface area (Å²) in [6, 6.07) is 7.38. The fraction of sp³-hybridized carbons (Fsp3) is 0.235. The Morgan fingerprint density at radius 1 is 1.12 bits per heavy atom. The van der Waals surface area contributed by atoms with E-state index in [0.29, 0.717) is 19.4 Å². The summed E-state index contributed by atoms with van der Waals surface area (Å²) in [5, 5.41) is 2.18. The van der Waals surface area contributed by atoms with Gasteiger partial charge in [0.05, 0.1) is 22.0 Å². The van der Waals surface area contributed by atoms with E-state index in [2.05, 4.69) is 5.32 Å². The molecule has 0 atom stereocenters. The van der Waals surface area contributed by atoms with E-state index in [1.807, 2.05) is 0 Å². The second-order valence-electron chi connectivity index (χ2n) is 5.81. The van der Waals surface area contributed by atoms with Gasteiger partial charge in [0.1, 0.15) is 17.3 Å². The first-order valence-corrected chi connectivity index (χ1v) is 9.83. The molecular weight excluding hydrogens is 386 g/mol. The Balaban J connectivity index is 1.94. The number of carbonyl (C=O) groups is 1. The number of para-hydroxylation sites is 1. The number of nitrogens with zero attached hydrogens (tertiary/aromatic N) is 1. The van der Waals surface area contributed by atoms with Crippen LogP contribution in [0.1, 0.15) is 23.2 Å². The molecule has 2 aromatic carbocycles. The van der Waals surface area contributed by atoms with E-state index < -0.39 is 33.3 Å². The van der Waals surface area contributed by atoms with E-state index in [1.165, 1.54) is 28.6 Å². The molecule has 3 rings (SSSR count). The quantitative estimate of drug-likeness (QED) is 0.852. The molecule has 1 N–H and O–H groups in total. The van der Waals surface area contributed by atoms with Gasteiger partial charge in [-0.05, 0) is 43.2 Å². The van der Waals surface area contributed by atoms with Gasteiger partial charge in [-0.25, -0.2) is 17.2 Å². The van der Waals surface area contributed by atoms with Crippen molar-refractivity contribution in [3.63, 3.8) is 0 Å². The second-order valence-corrected chi connectivity index (χ2v) is 8.23. The first-order valence-electron chi connectivity index (χ1n) is 7.85. The van der Waals surface area contributed by atoms with Crippen LogP contribution in [0, 0.1) is 11.6 Å². The highest BCUT2D eigenvalue weighted by Crippen LogP contribution is 2.29. The Morgan fingerprint density at radius 2 is 1.81 bits per heavy atom. The number of sulfonamides is 1. The Bertz CT molecular complexity index is 946. The third-order valence-corrected chi connectivity index (χ3v) is 6.23. The maximum atomic E-state index is 13.7. The molecule has 1 saturated heterocycles. The van der Waals surface area contributed by atoms with Gasteiger partial charge in [-0.2, -0.15) is 0 Å². The van der Waals surface area contributed by atoms with E-state index in [0.717, 1.165) is 12.1 Å². The molecule has 0 aromatic heterocycles. The lowest BCUT2D eigenvalue weighted by atomic mass is 10.1. The maximum absolute atomic E-state index is 13.7. The molecular formula is C17H15ClF2N2O3S. The number of nitrogens with one attached hydrogen (secondary N) is 1. The average molecular weight is 401 g/mol. The van der Waals surface area contributed by atoms with Crippen LogP contribution in [0.25, 0.3) is 0 Å². The lowest BCUT2D eigenvalue weighted by Crippen LogP contribution is -2.38. The first-order chi connectivity index (χ1) is 12.3. The fourth-order valence-electron chi connectivity index (χ4n) is 2.72. The van der Waals surface area contributed by atoms with Crippen molar-refractivity contribution < 1.29 is 22.0 Å². The summed E-state index contributed by atoms with van der Waals surface area (Å²) in [6.45, 7) is 0.299. The van der Waals surface area contributed by atoms with Crippen LogP contribution in [0.5, 0.6) is 0 Å². The summed E-state index contributed by atoms with van der Waals surface area (Å²) in [7, 11) is -3.47. The summed E-state index contributed by atoms with van der Waals surface area (Å²) in [6.07, 6.45) is 1.27. The molecule has 1 fully saturated rings. The normalized spacial score (nSPS) is 16.3. The number of amides is 1. The summed E-state index contributed by atoms with van der Waals surface area (Å²) in [4.78, 5) is 12.4. The summed E-state index contributed by atoms with van der Waals surface area (Å²) in [5.74, 6) is -2.67. The molecule has 1 heterocycles. The Kier molecular flexibility index (Phi) is 5.15. The molecule has 1 amide bonds. The molecule has 138 valence electrons. The number of halogens is 3. The van der Waals surface area contributed by atoms with Gasteiger partial charge in [0.25, 0.3) is 5.91 Å². The van der Waals surface area contributed by atoms with Gasteiger partial charge in [-0.15, -0.1) is 0 Å². The van der Waals surface area contributed by atoms with Crippen molar-refractivity contribution in [2.45, 2.75) is 12.8 Å². The summed E-state index contributed by atoms with van der Waals surface area (Å²) in [5.41, 5.74) is -0.384. The summed E-state index contributed by atoms with van der Waals surface area (Å²) < 4.78 is 53.1. The molecule has 0 aliphatic carbocycles. The number of hydrogen-bond donors (Lipinski definition) is 1. The van der Waals surface area contributed by atoms with Crippen LogP contribution in [0.4, 0.5) is 20.2 Å². The van der Waals surface area contributed by atoms with E-state index in [9.17, 15) is 22.0 Å². The zero-order chi connectivity index (χ0) is 18.9. The third-order valence-electron chi connectivity index (χ3n) is 4.03. The standard InChI is InChI=1S/C17H15ClF2N2O3S/c18-13-7-6-11(22-8-1-2-9-26(22,24)25)10-12(13)17(23)21-16-14(19)4-3-5-15(16)20/h3-7,10H,1-2,8-9H2,(H,21,23). The highest BCUT2D eigenvalue weighted by Gasteiger charge is 2.27. The molecule has 0 saturated carbocycles.